The number of carbonyl (C=O) groups is 1. The number of aryl methyl sites for hydroxylation is 2. The molecule has 0 aliphatic carbocycles. The van der Waals surface area contributed by atoms with Gasteiger partial charge in [0, 0.05) is 43.2 Å². The molecule has 0 spiro atoms. The van der Waals surface area contributed by atoms with E-state index in [4.69, 9.17) is 0 Å². The maximum absolute atomic E-state index is 12.5. The van der Waals surface area contributed by atoms with Gasteiger partial charge >= 0.3 is 0 Å². The number of piperazine rings is 1. The second kappa shape index (κ2) is 9.29. The predicted molar refractivity (Wildman–Crippen MR) is 116 cm³/mol. The highest BCUT2D eigenvalue weighted by atomic mass is 32.2. The molecule has 144 valence electrons. The fraction of sp³-hybridized carbons (Fsp3) is 0.409. The molecule has 1 N–H and O–H groups in total. The van der Waals surface area contributed by atoms with E-state index in [2.05, 4.69) is 60.3 Å². The van der Waals surface area contributed by atoms with Crippen LogP contribution in [-0.4, -0.2) is 49.8 Å². The van der Waals surface area contributed by atoms with Gasteiger partial charge in [0.25, 0.3) is 0 Å². The molecular weight excluding hydrogens is 354 g/mol. The van der Waals surface area contributed by atoms with Crippen LogP contribution >= 0.6 is 11.8 Å². The van der Waals surface area contributed by atoms with Crippen molar-refractivity contribution >= 4 is 29.0 Å². The van der Waals surface area contributed by atoms with Crippen molar-refractivity contribution in [2.45, 2.75) is 25.2 Å². The Hall–Kier alpha value is -1.98. The van der Waals surface area contributed by atoms with Gasteiger partial charge in [-0.25, -0.2) is 0 Å². The topological polar surface area (TPSA) is 35.6 Å². The van der Waals surface area contributed by atoms with Crippen LogP contribution in [0.2, 0.25) is 0 Å². The first kappa shape index (κ1) is 19.8. The van der Waals surface area contributed by atoms with Gasteiger partial charge in [0.1, 0.15) is 0 Å². The van der Waals surface area contributed by atoms with Crippen molar-refractivity contribution in [3.05, 3.63) is 53.6 Å². The van der Waals surface area contributed by atoms with Crippen LogP contribution in [0.4, 0.5) is 11.4 Å². The lowest BCUT2D eigenvalue weighted by Crippen LogP contribution is -2.44. The van der Waals surface area contributed by atoms with Crippen molar-refractivity contribution in [3.63, 3.8) is 0 Å². The van der Waals surface area contributed by atoms with Gasteiger partial charge in [-0.1, -0.05) is 18.2 Å². The van der Waals surface area contributed by atoms with Gasteiger partial charge in [0.15, 0.2) is 0 Å². The SMILES string of the molecule is Cc1ccc(SCCC(=O)Nc2ccccc2N2CCN(C)CC2)cc1C. The quantitative estimate of drug-likeness (QED) is 0.759. The summed E-state index contributed by atoms with van der Waals surface area (Å²) in [6.07, 6.45) is 0.509. The van der Waals surface area contributed by atoms with Gasteiger partial charge in [0.05, 0.1) is 11.4 Å². The molecule has 1 saturated heterocycles. The molecule has 1 aliphatic rings. The number of anilines is 2. The smallest absolute Gasteiger partial charge is 0.225 e. The summed E-state index contributed by atoms with van der Waals surface area (Å²) < 4.78 is 0. The van der Waals surface area contributed by atoms with Crippen LogP contribution in [-0.2, 0) is 4.79 Å². The molecular formula is C22H29N3OS. The number of likely N-dealkylation sites (N-methyl/N-ethyl adjacent to an activating group) is 1. The van der Waals surface area contributed by atoms with Crippen LogP contribution < -0.4 is 10.2 Å². The zero-order valence-corrected chi connectivity index (χ0v) is 17.3. The van der Waals surface area contributed by atoms with Crippen molar-refractivity contribution in [2.75, 3.05) is 49.2 Å². The zero-order valence-electron chi connectivity index (χ0n) is 16.5. The lowest BCUT2D eigenvalue weighted by atomic mass is 10.1. The van der Waals surface area contributed by atoms with Gasteiger partial charge in [-0.3, -0.25) is 4.79 Å². The first-order chi connectivity index (χ1) is 13.0. The van der Waals surface area contributed by atoms with Crippen molar-refractivity contribution < 1.29 is 4.79 Å². The number of rotatable bonds is 6. The lowest BCUT2D eigenvalue weighted by molar-refractivity contribution is -0.115. The summed E-state index contributed by atoms with van der Waals surface area (Å²) in [5.74, 6) is 0.860. The van der Waals surface area contributed by atoms with E-state index in [1.54, 1.807) is 11.8 Å². The van der Waals surface area contributed by atoms with Crippen LogP contribution in [0.25, 0.3) is 0 Å². The van der Waals surface area contributed by atoms with E-state index in [-0.39, 0.29) is 5.91 Å². The summed E-state index contributed by atoms with van der Waals surface area (Å²) in [5.41, 5.74) is 4.65. The summed E-state index contributed by atoms with van der Waals surface area (Å²) in [4.78, 5) is 18.4. The highest BCUT2D eigenvalue weighted by Gasteiger charge is 2.17. The largest absolute Gasteiger partial charge is 0.367 e. The molecule has 2 aromatic rings. The molecule has 1 aliphatic heterocycles. The normalized spacial score (nSPS) is 15.0. The molecule has 2 aromatic carbocycles. The number of hydrogen-bond donors (Lipinski definition) is 1. The first-order valence-electron chi connectivity index (χ1n) is 9.55. The molecule has 0 atom stereocenters. The number of amides is 1. The Morgan fingerprint density at radius 2 is 1.78 bits per heavy atom. The van der Waals surface area contributed by atoms with Gasteiger partial charge < -0.3 is 15.1 Å². The standard InChI is InChI=1S/C22H29N3OS/c1-17-8-9-19(16-18(17)2)27-15-10-22(26)23-20-6-4-5-7-21(20)25-13-11-24(3)12-14-25/h4-9,16H,10-15H2,1-3H3,(H,23,26). The Kier molecular flexibility index (Phi) is 6.80. The molecule has 0 saturated carbocycles. The number of carbonyl (C=O) groups excluding carboxylic acids is 1. The molecule has 1 amide bonds. The Bertz CT molecular complexity index is 785. The Balaban J connectivity index is 1.54. The molecule has 3 rings (SSSR count). The average Bonchev–Trinajstić information content (AvgIpc) is 2.66. The van der Waals surface area contributed by atoms with Gasteiger partial charge in [0.2, 0.25) is 5.91 Å². The van der Waals surface area contributed by atoms with Crippen LogP contribution in [0.3, 0.4) is 0 Å². The number of thioether (sulfide) groups is 1. The Morgan fingerprint density at radius 3 is 2.52 bits per heavy atom. The molecule has 0 aromatic heterocycles. The Morgan fingerprint density at radius 1 is 1.04 bits per heavy atom. The van der Waals surface area contributed by atoms with Crippen molar-refractivity contribution in [2.24, 2.45) is 0 Å². The van der Waals surface area contributed by atoms with Gasteiger partial charge in [-0.15, -0.1) is 11.8 Å². The van der Waals surface area contributed by atoms with Gasteiger partial charge in [-0.05, 0) is 56.3 Å². The minimum Gasteiger partial charge on any atom is -0.367 e. The number of nitrogens with one attached hydrogen (secondary N) is 1. The first-order valence-corrected chi connectivity index (χ1v) is 10.5. The average molecular weight is 384 g/mol. The summed E-state index contributed by atoms with van der Waals surface area (Å²) in [7, 11) is 2.15. The van der Waals surface area contributed by atoms with Crippen LogP contribution in [0.1, 0.15) is 17.5 Å². The third-order valence-electron chi connectivity index (χ3n) is 5.10. The van der Waals surface area contributed by atoms with Crippen LogP contribution in [0, 0.1) is 13.8 Å². The van der Waals surface area contributed by atoms with Crippen LogP contribution in [0.15, 0.2) is 47.4 Å². The number of para-hydroxylation sites is 2. The second-order valence-corrected chi connectivity index (χ2v) is 8.37. The fourth-order valence-electron chi connectivity index (χ4n) is 3.18. The van der Waals surface area contributed by atoms with E-state index in [0.717, 1.165) is 43.3 Å². The summed E-state index contributed by atoms with van der Waals surface area (Å²) in [6.45, 7) is 8.33. The molecule has 0 radical (unpaired) electrons. The molecule has 4 nitrogen and oxygen atoms in total. The highest BCUT2D eigenvalue weighted by Crippen LogP contribution is 2.27. The predicted octanol–water partition coefficient (Wildman–Crippen LogP) is 4.18. The zero-order chi connectivity index (χ0) is 19.2. The summed E-state index contributed by atoms with van der Waals surface area (Å²) >= 11 is 1.74. The van der Waals surface area contributed by atoms with E-state index in [9.17, 15) is 4.79 Å². The molecule has 0 bridgehead atoms. The number of nitrogens with zero attached hydrogens (tertiary/aromatic N) is 2. The summed E-state index contributed by atoms with van der Waals surface area (Å²) in [5, 5.41) is 3.12. The van der Waals surface area contributed by atoms with E-state index in [1.165, 1.54) is 16.0 Å². The van der Waals surface area contributed by atoms with Crippen molar-refractivity contribution in [3.8, 4) is 0 Å². The minimum absolute atomic E-state index is 0.0768. The second-order valence-electron chi connectivity index (χ2n) is 7.20. The van der Waals surface area contributed by atoms with Crippen LogP contribution in [0.5, 0.6) is 0 Å². The van der Waals surface area contributed by atoms with Crippen molar-refractivity contribution in [1.29, 1.82) is 0 Å². The third kappa shape index (κ3) is 5.50. The monoisotopic (exact) mass is 383 g/mol. The van der Waals surface area contributed by atoms with Gasteiger partial charge in [-0.2, -0.15) is 0 Å². The number of benzene rings is 2. The Labute approximate surface area is 166 Å². The fourth-order valence-corrected chi connectivity index (χ4v) is 4.13. The molecule has 1 fully saturated rings. The highest BCUT2D eigenvalue weighted by molar-refractivity contribution is 7.99. The van der Waals surface area contributed by atoms with E-state index in [0.29, 0.717) is 6.42 Å². The molecule has 1 heterocycles. The third-order valence-corrected chi connectivity index (χ3v) is 6.09. The van der Waals surface area contributed by atoms with E-state index < -0.39 is 0 Å². The molecule has 0 unspecified atom stereocenters. The molecule has 5 heteroatoms. The maximum atomic E-state index is 12.5. The van der Waals surface area contributed by atoms with E-state index in [1.807, 2.05) is 18.2 Å². The number of hydrogen-bond acceptors (Lipinski definition) is 4. The maximum Gasteiger partial charge on any atom is 0.225 e. The molecule has 27 heavy (non-hydrogen) atoms. The summed E-state index contributed by atoms with van der Waals surface area (Å²) in [6, 6.07) is 14.6. The van der Waals surface area contributed by atoms with E-state index >= 15 is 0 Å². The van der Waals surface area contributed by atoms with Crippen molar-refractivity contribution in [1.82, 2.24) is 4.90 Å². The lowest BCUT2D eigenvalue weighted by Gasteiger charge is -2.35. The minimum atomic E-state index is 0.0768.